The smallest absolute Gasteiger partial charge is 0.246 e. The van der Waals surface area contributed by atoms with Crippen molar-refractivity contribution in [2.45, 2.75) is 12.3 Å². The zero-order chi connectivity index (χ0) is 13.1. The third-order valence-corrected chi connectivity index (χ3v) is 3.47. The molecule has 1 heterocycles. The fourth-order valence-corrected chi connectivity index (χ4v) is 2.46. The first kappa shape index (κ1) is 11.8. The highest BCUT2D eigenvalue weighted by molar-refractivity contribution is 5.86. The molecule has 3 rings (SSSR count). The molecule has 0 aliphatic carbocycles. The molecule has 1 saturated heterocycles. The Morgan fingerprint density at radius 2 is 1.58 bits per heavy atom. The number of hydrazine groups is 1. The Morgan fingerprint density at radius 3 is 2.21 bits per heavy atom. The van der Waals surface area contributed by atoms with Crippen molar-refractivity contribution in [3.8, 4) is 0 Å². The van der Waals surface area contributed by atoms with Gasteiger partial charge in [-0.1, -0.05) is 48.5 Å². The monoisotopic (exact) mass is 252 g/mol. The molecule has 96 valence electrons. The summed E-state index contributed by atoms with van der Waals surface area (Å²) in [5.41, 5.74) is 5.10. The van der Waals surface area contributed by atoms with Gasteiger partial charge in [0.1, 0.15) is 0 Å². The van der Waals surface area contributed by atoms with Gasteiger partial charge in [0, 0.05) is 6.54 Å². The molecule has 1 atom stereocenters. The maximum absolute atomic E-state index is 12.2. The van der Waals surface area contributed by atoms with E-state index in [2.05, 4.69) is 5.43 Å². The zero-order valence-corrected chi connectivity index (χ0v) is 10.6. The molecule has 2 aromatic rings. The van der Waals surface area contributed by atoms with Crippen LogP contribution in [0.4, 0.5) is 5.69 Å². The molecule has 0 spiro atoms. The van der Waals surface area contributed by atoms with Gasteiger partial charge in [0.2, 0.25) is 5.91 Å². The van der Waals surface area contributed by atoms with Gasteiger partial charge in [0.15, 0.2) is 0 Å². The number of amides is 1. The van der Waals surface area contributed by atoms with E-state index in [-0.39, 0.29) is 11.8 Å². The lowest BCUT2D eigenvalue weighted by molar-refractivity contribution is -0.123. The minimum atomic E-state index is -0.0406. The van der Waals surface area contributed by atoms with Crippen molar-refractivity contribution in [3.63, 3.8) is 0 Å². The number of carbonyl (C=O) groups excluding carboxylic acids is 1. The van der Waals surface area contributed by atoms with Gasteiger partial charge in [0.25, 0.3) is 0 Å². The average Bonchev–Trinajstić information content (AvgIpc) is 2.49. The van der Waals surface area contributed by atoms with Gasteiger partial charge < -0.3 is 0 Å². The van der Waals surface area contributed by atoms with Crippen molar-refractivity contribution in [1.29, 1.82) is 0 Å². The fraction of sp³-hybridized carbons (Fsp3) is 0.188. The molecule has 19 heavy (non-hydrogen) atoms. The molecule has 0 radical (unpaired) electrons. The predicted molar refractivity (Wildman–Crippen MR) is 75.7 cm³/mol. The Kier molecular flexibility index (Phi) is 3.19. The number of benzene rings is 2. The lowest BCUT2D eigenvalue weighted by Gasteiger charge is -2.33. The molecule has 0 bridgehead atoms. The highest BCUT2D eigenvalue weighted by atomic mass is 16.2. The molecule has 3 heteroatoms. The van der Waals surface area contributed by atoms with Crippen LogP contribution in [0.1, 0.15) is 17.9 Å². The van der Waals surface area contributed by atoms with Gasteiger partial charge in [-0.3, -0.25) is 15.2 Å². The Labute approximate surface area is 112 Å². The van der Waals surface area contributed by atoms with Crippen molar-refractivity contribution in [3.05, 3.63) is 66.2 Å². The molecule has 1 amide bonds. The third-order valence-electron chi connectivity index (χ3n) is 3.47. The van der Waals surface area contributed by atoms with Crippen LogP contribution in [0.15, 0.2) is 60.7 Å². The summed E-state index contributed by atoms with van der Waals surface area (Å²) in [6.07, 6.45) is 0.838. The molecule has 0 aromatic heterocycles. The van der Waals surface area contributed by atoms with E-state index in [9.17, 15) is 4.79 Å². The van der Waals surface area contributed by atoms with Gasteiger partial charge in [-0.25, -0.2) is 0 Å². The first-order chi connectivity index (χ1) is 9.34. The van der Waals surface area contributed by atoms with Crippen molar-refractivity contribution in [2.75, 3.05) is 11.6 Å². The summed E-state index contributed by atoms with van der Waals surface area (Å²) in [6, 6.07) is 19.9. The highest BCUT2D eigenvalue weighted by Gasteiger charge is 2.27. The molecule has 1 aliphatic rings. The van der Waals surface area contributed by atoms with Gasteiger partial charge in [-0.05, 0) is 24.1 Å². The minimum Gasteiger partial charge on any atom is -0.286 e. The van der Waals surface area contributed by atoms with E-state index < -0.39 is 0 Å². The van der Waals surface area contributed by atoms with Crippen molar-refractivity contribution < 1.29 is 4.79 Å². The molecule has 1 aliphatic heterocycles. The van der Waals surface area contributed by atoms with Gasteiger partial charge in [0.05, 0.1) is 11.6 Å². The fourth-order valence-electron chi connectivity index (χ4n) is 2.46. The second kappa shape index (κ2) is 5.14. The number of nitrogens with zero attached hydrogens (tertiary/aromatic N) is 1. The lowest BCUT2D eigenvalue weighted by atomic mass is 9.93. The summed E-state index contributed by atoms with van der Waals surface area (Å²) in [5, 5.41) is 1.92. The largest absolute Gasteiger partial charge is 0.286 e. The zero-order valence-electron chi connectivity index (χ0n) is 10.6. The topological polar surface area (TPSA) is 32.3 Å². The number of carbonyl (C=O) groups is 1. The highest BCUT2D eigenvalue weighted by Crippen LogP contribution is 2.25. The van der Waals surface area contributed by atoms with Crippen LogP contribution in [-0.4, -0.2) is 12.5 Å². The summed E-state index contributed by atoms with van der Waals surface area (Å²) >= 11 is 0. The maximum Gasteiger partial charge on any atom is 0.246 e. The second-order valence-electron chi connectivity index (χ2n) is 4.72. The van der Waals surface area contributed by atoms with Crippen molar-refractivity contribution >= 4 is 11.6 Å². The summed E-state index contributed by atoms with van der Waals surface area (Å²) in [5.74, 6) is 0.0301. The number of rotatable bonds is 2. The normalized spacial score (nSPS) is 19.1. The standard InChI is InChI=1S/C16H16N2O/c19-16-15(13-7-3-1-4-8-13)11-12-18(17-16)14-9-5-2-6-10-14/h1-10,15H,11-12H2,(H,17,19)/t15-/m0/s1. The minimum absolute atomic E-state index is 0.0406. The Bertz CT molecular complexity index is 553. The number of hydrogen-bond acceptors (Lipinski definition) is 2. The molecular formula is C16H16N2O. The van der Waals surface area contributed by atoms with Crippen molar-refractivity contribution in [2.24, 2.45) is 0 Å². The Hall–Kier alpha value is -2.29. The van der Waals surface area contributed by atoms with Crippen LogP contribution in [0, 0.1) is 0 Å². The van der Waals surface area contributed by atoms with E-state index in [4.69, 9.17) is 0 Å². The summed E-state index contributed by atoms with van der Waals surface area (Å²) in [4.78, 5) is 12.2. The van der Waals surface area contributed by atoms with Gasteiger partial charge >= 0.3 is 0 Å². The van der Waals surface area contributed by atoms with E-state index in [1.54, 1.807) is 0 Å². The van der Waals surface area contributed by atoms with Crippen molar-refractivity contribution in [1.82, 2.24) is 5.43 Å². The van der Waals surface area contributed by atoms with Gasteiger partial charge in [-0.15, -0.1) is 0 Å². The Balaban J connectivity index is 1.75. The number of para-hydroxylation sites is 1. The van der Waals surface area contributed by atoms with E-state index in [1.165, 1.54) is 0 Å². The van der Waals surface area contributed by atoms with Crippen LogP contribution in [0.2, 0.25) is 0 Å². The number of hydrogen-bond donors (Lipinski definition) is 1. The van der Waals surface area contributed by atoms with Crippen LogP contribution in [0.3, 0.4) is 0 Å². The second-order valence-corrected chi connectivity index (χ2v) is 4.72. The van der Waals surface area contributed by atoms with Crippen LogP contribution in [-0.2, 0) is 4.79 Å². The first-order valence-electron chi connectivity index (χ1n) is 6.52. The van der Waals surface area contributed by atoms with E-state index in [1.807, 2.05) is 65.7 Å². The molecule has 0 unspecified atom stereocenters. The molecule has 1 N–H and O–H groups in total. The van der Waals surface area contributed by atoms with Crippen LogP contribution >= 0.6 is 0 Å². The molecular weight excluding hydrogens is 236 g/mol. The first-order valence-corrected chi connectivity index (χ1v) is 6.52. The number of anilines is 1. The van der Waals surface area contributed by atoms with Gasteiger partial charge in [-0.2, -0.15) is 0 Å². The molecule has 0 saturated carbocycles. The van der Waals surface area contributed by atoms with E-state index in [0.717, 1.165) is 24.2 Å². The number of nitrogens with one attached hydrogen (secondary N) is 1. The lowest BCUT2D eigenvalue weighted by Crippen LogP contribution is -2.50. The SMILES string of the molecule is O=C1NN(c2ccccc2)CC[C@H]1c1ccccc1. The van der Waals surface area contributed by atoms with Crippen LogP contribution in [0.5, 0.6) is 0 Å². The van der Waals surface area contributed by atoms with Crippen LogP contribution in [0.25, 0.3) is 0 Å². The average molecular weight is 252 g/mol. The van der Waals surface area contributed by atoms with E-state index in [0.29, 0.717) is 0 Å². The Morgan fingerprint density at radius 1 is 0.947 bits per heavy atom. The summed E-state index contributed by atoms with van der Waals surface area (Å²) in [6.45, 7) is 0.829. The molecule has 3 nitrogen and oxygen atoms in total. The van der Waals surface area contributed by atoms with Crippen LogP contribution < -0.4 is 10.4 Å². The predicted octanol–water partition coefficient (Wildman–Crippen LogP) is 2.71. The summed E-state index contributed by atoms with van der Waals surface area (Å²) < 4.78 is 0. The third kappa shape index (κ3) is 2.45. The van der Waals surface area contributed by atoms with E-state index >= 15 is 0 Å². The quantitative estimate of drug-likeness (QED) is 0.891. The maximum atomic E-state index is 12.2. The molecule has 2 aromatic carbocycles. The molecule has 1 fully saturated rings. The summed E-state index contributed by atoms with van der Waals surface area (Å²) in [7, 11) is 0.